The molecule has 0 saturated carbocycles. The smallest absolute Gasteiger partial charge is 0.291 e. The Morgan fingerprint density at radius 2 is 1.81 bits per heavy atom. The molecule has 1 aliphatic rings. The lowest BCUT2D eigenvalue weighted by molar-refractivity contribution is 0.0852. The Labute approximate surface area is 212 Å². The molecular formula is C26H17N5O3S2. The van der Waals surface area contributed by atoms with Gasteiger partial charge in [0.15, 0.2) is 23.4 Å². The summed E-state index contributed by atoms with van der Waals surface area (Å²) >= 11 is 2.90. The van der Waals surface area contributed by atoms with Gasteiger partial charge in [0.2, 0.25) is 4.96 Å². The largest absolute Gasteiger partial charge is 0.485 e. The minimum atomic E-state index is -0.478. The van der Waals surface area contributed by atoms with Gasteiger partial charge in [0.1, 0.15) is 12.3 Å². The molecule has 1 aliphatic heterocycles. The number of thiophene rings is 1. The Morgan fingerprint density at radius 3 is 2.61 bits per heavy atom. The van der Waals surface area contributed by atoms with Crippen molar-refractivity contribution < 1.29 is 9.47 Å². The summed E-state index contributed by atoms with van der Waals surface area (Å²) < 4.78 is 15.5. The summed E-state index contributed by atoms with van der Waals surface area (Å²) in [6.45, 7) is 0.283. The zero-order valence-corrected chi connectivity index (χ0v) is 20.3. The van der Waals surface area contributed by atoms with Gasteiger partial charge in [-0.25, -0.2) is 4.68 Å². The molecule has 0 N–H and O–H groups in total. The van der Waals surface area contributed by atoms with Crippen LogP contribution in [0.2, 0.25) is 0 Å². The van der Waals surface area contributed by atoms with Crippen LogP contribution in [0.25, 0.3) is 27.3 Å². The van der Waals surface area contributed by atoms with E-state index in [4.69, 9.17) is 14.6 Å². The normalized spacial score (nSPS) is 15.6. The number of ether oxygens (including phenoxy) is 2. The number of fused-ring (bicyclic) bond motifs is 2. The van der Waals surface area contributed by atoms with Gasteiger partial charge in [-0.05, 0) is 41.8 Å². The van der Waals surface area contributed by atoms with Gasteiger partial charge in [-0.2, -0.15) is 14.6 Å². The van der Waals surface area contributed by atoms with Crippen LogP contribution in [0.1, 0.15) is 17.5 Å². The van der Waals surface area contributed by atoms with Gasteiger partial charge in [0.25, 0.3) is 5.56 Å². The summed E-state index contributed by atoms with van der Waals surface area (Å²) in [5.41, 5.74) is 2.39. The highest BCUT2D eigenvalue weighted by Gasteiger charge is 2.27. The highest BCUT2D eigenvalue weighted by Crippen LogP contribution is 2.35. The molecule has 1 atom stereocenters. The third kappa shape index (κ3) is 3.58. The fourth-order valence-corrected chi connectivity index (χ4v) is 5.72. The van der Waals surface area contributed by atoms with Crippen LogP contribution in [0.3, 0.4) is 0 Å². The standard InChI is InChI=1S/C26H17N5O3S2/c32-25-22(13-16-14-30(17-7-2-1-3-8-17)28-23(16)21-11-6-12-35-21)36-26-27-24(29-31(25)26)20-15-33-18-9-4-5-10-19(18)34-20/h1-14,20H,15H2/b22-13-/t20-/m0/s1. The minimum Gasteiger partial charge on any atom is -0.485 e. The topological polar surface area (TPSA) is 83.5 Å². The number of benzene rings is 2. The molecule has 2 aromatic carbocycles. The second-order valence-electron chi connectivity index (χ2n) is 8.13. The van der Waals surface area contributed by atoms with Gasteiger partial charge in [-0.15, -0.1) is 16.4 Å². The molecule has 176 valence electrons. The van der Waals surface area contributed by atoms with Crippen LogP contribution in [-0.2, 0) is 0 Å². The number of nitrogens with zero attached hydrogens (tertiary/aromatic N) is 5. The summed E-state index contributed by atoms with van der Waals surface area (Å²) in [5, 5.41) is 11.3. The molecule has 7 rings (SSSR count). The van der Waals surface area contributed by atoms with Crippen LogP contribution in [0, 0.1) is 0 Å². The molecule has 0 saturated heterocycles. The Kier molecular flexibility index (Phi) is 4.93. The van der Waals surface area contributed by atoms with Crippen LogP contribution >= 0.6 is 22.7 Å². The zero-order chi connectivity index (χ0) is 24.1. The molecule has 10 heteroatoms. The van der Waals surface area contributed by atoms with Crippen molar-refractivity contribution in [2.75, 3.05) is 6.61 Å². The summed E-state index contributed by atoms with van der Waals surface area (Å²) in [6, 6.07) is 21.4. The third-order valence-corrected chi connectivity index (χ3v) is 7.64. The minimum absolute atomic E-state index is 0.226. The van der Waals surface area contributed by atoms with Crippen molar-refractivity contribution in [2.24, 2.45) is 0 Å². The van der Waals surface area contributed by atoms with E-state index < -0.39 is 6.10 Å². The second kappa shape index (κ2) is 8.43. The molecule has 0 bridgehead atoms. The Morgan fingerprint density at radius 1 is 0.972 bits per heavy atom. The SMILES string of the molecule is O=c1/c(=C/c2cn(-c3ccccc3)nc2-c2cccs2)sc2nc([C@@H]3COc4ccccc4O3)nn12. The average Bonchev–Trinajstić information content (AvgIpc) is 3.71. The first kappa shape index (κ1) is 21.0. The molecule has 5 heterocycles. The predicted molar refractivity (Wildman–Crippen MR) is 138 cm³/mol. The zero-order valence-electron chi connectivity index (χ0n) is 18.6. The average molecular weight is 512 g/mol. The fourth-order valence-electron chi connectivity index (χ4n) is 4.08. The number of hydrogen-bond donors (Lipinski definition) is 0. The summed E-state index contributed by atoms with van der Waals surface area (Å²) in [5.74, 6) is 1.75. The van der Waals surface area contributed by atoms with Crippen molar-refractivity contribution in [2.45, 2.75) is 6.10 Å². The molecule has 0 radical (unpaired) electrons. The highest BCUT2D eigenvalue weighted by atomic mass is 32.1. The molecular weight excluding hydrogens is 494 g/mol. The van der Waals surface area contributed by atoms with Crippen molar-refractivity contribution in [3.8, 4) is 27.8 Å². The van der Waals surface area contributed by atoms with Gasteiger partial charge in [-0.3, -0.25) is 4.79 Å². The summed E-state index contributed by atoms with van der Waals surface area (Å²) in [7, 11) is 0. The molecule has 0 unspecified atom stereocenters. The van der Waals surface area contributed by atoms with Crippen molar-refractivity contribution in [1.82, 2.24) is 24.4 Å². The number of para-hydroxylation sites is 3. The first-order valence-corrected chi connectivity index (χ1v) is 12.9. The number of hydrogen-bond acceptors (Lipinski definition) is 8. The van der Waals surface area contributed by atoms with E-state index in [1.54, 1.807) is 11.3 Å². The predicted octanol–water partition coefficient (Wildman–Crippen LogP) is 4.13. The molecule has 36 heavy (non-hydrogen) atoms. The van der Waals surface area contributed by atoms with E-state index in [1.807, 2.05) is 89.1 Å². The van der Waals surface area contributed by atoms with Crippen LogP contribution in [0.15, 0.2) is 83.1 Å². The van der Waals surface area contributed by atoms with Gasteiger partial charge in [0, 0.05) is 11.8 Å². The van der Waals surface area contributed by atoms with E-state index in [0.717, 1.165) is 21.8 Å². The molecule has 0 amide bonds. The molecule has 0 aliphatic carbocycles. The quantitative estimate of drug-likeness (QED) is 0.354. The van der Waals surface area contributed by atoms with Crippen LogP contribution in [-0.4, -0.2) is 31.0 Å². The van der Waals surface area contributed by atoms with E-state index >= 15 is 0 Å². The van der Waals surface area contributed by atoms with E-state index in [0.29, 0.717) is 26.8 Å². The first-order chi connectivity index (χ1) is 17.7. The third-order valence-electron chi connectivity index (χ3n) is 5.80. The lowest BCUT2D eigenvalue weighted by Gasteiger charge is -2.24. The fraction of sp³-hybridized carbons (Fsp3) is 0.0769. The lowest BCUT2D eigenvalue weighted by atomic mass is 10.2. The Balaban J connectivity index is 1.28. The van der Waals surface area contributed by atoms with Gasteiger partial charge in [-0.1, -0.05) is 47.7 Å². The number of thiazole rings is 1. The van der Waals surface area contributed by atoms with E-state index in [9.17, 15) is 4.79 Å². The molecule has 0 fully saturated rings. The van der Waals surface area contributed by atoms with Crippen LogP contribution in [0.5, 0.6) is 11.5 Å². The van der Waals surface area contributed by atoms with Crippen LogP contribution in [0.4, 0.5) is 0 Å². The van der Waals surface area contributed by atoms with Crippen LogP contribution < -0.4 is 19.6 Å². The van der Waals surface area contributed by atoms with Gasteiger partial charge >= 0.3 is 0 Å². The molecule has 6 aromatic rings. The number of rotatable bonds is 4. The molecule has 8 nitrogen and oxygen atoms in total. The highest BCUT2D eigenvalue weighted by molar-refractivity contribution is 7.15. The Hall–Kier alpha value is -4.28. The maximum Gasteiger partial charge on any atom is 0.291 e. The van der Waals surface area contributed by atoms with Gasteiger partial charge in [0.05, 0.1) is 15.1 Å². The van der Waals surface area contributed by atoms with Crippen molar-refractivity contribution >= 4 is 33.7 Å². The van der Waals surface area contributed by atoms with E-state index in [1.165, 1.54) is 15.9 Å². The summed E-state index contributed by atoms with van der Waals surface area (Å²) in [6.07, 6.45) is 3.32. The van der Waals surface area contributed by atoms with E-state index in [2.05, 4.69) is 10.1 Å². The lowest BCUT2D eigenvalue weighted by Crippen LogP contribution is -2.26. The number of aromatic nitrogens is 5. The maximum absolute atomic E-state index is 13.2. The Bertz CT molecular complexity index is 1810. The molecule has 0 spiro atoms. The monoisotopic (exact) mass is 511 g/mol. The maximum atomic E-state index is 13.2. The second-order valence-corrected chi connectivity index (χ2v) is 10.1. The first-order valence-electron chi connectivity index (χ1n) is 11.2. The van der Waals surface area contributed by atoms with E-state index in [-0.39, 0.29) is 12.2 Å². The summed E-state index contributed by atoms with van der Waals surface area (Å²) in [4.78, 5) is 19.4. The molecule has 4 aromatic heterocycles. The van der Waals surface area contributed by atoms with Crippen molar-refractivity contribution in [1.29, 1.82) is 0 Å². The van der Waals surface area contributed by atoms with Gasteiger partial charge < -0.3 is 9.47 Å². The van der Waals surface area contributed by atoms with Crippen molar-refractivity contribution in [3.63, 3.8) is 0 Å². The van der Waals surface area contributed by atoms with Crippen molar-refractivity contribution in [3.05, 3.63) is 105 Å².